The average molecular weight is 352 g/mol. The Hall–Kier alpha value is -2.92. The summed E-state index contributed by atoms with van der Waals surface area (Å²) in [5, 5.41) is 10.7. The number of hydrogen-bond acceptors (Lipinski definition) is 4. The second-order valence-corrected chi connectivity index (χ2v) is 6.32. The van der Waals surface area contributed by atoms with Gasteiger partial charge in [0, 0.05) is 22.6 Å². The van der Waals surface area contributed by atoms with E-state index < -0.39 is 5.97 Å². The predicted molar refractivity (Wildman–Crippen MR) is 98.4 cm³/mol. The number of benzene rings is 2. The summed E-state index contributed by atoms with van der Waals surface area (Å²) in [5.41, 5.74) is 3.54. The van der Waals surface area contributed by atoms with Gasteiger partial charge in [-0.15, -0.1) is 0 Å². The fraction of sp³-hybridized carbons (Fsp3) is 0.105. The van der Waals surface area contributed by atoms with Crippen molar-refractivity contribution in [2.24, 2.45) is 0 Å². The van der Waals surface area contributed by atoms with Crippen molar-refractivity contribution in [1.29, 1.82) is 0 Å². The summed E-state index contributed by atoms with van der Waals surface area (Å²) >= 11 is 6.15. The van der Waals surface area contributed by atoms with E-state index in [2.05, 4.69) is 21.4 Å². The molecule has 0 bridgehead atoms. The van der Waals surface area contributed by atoms with Crippen molar-refractivity contribution in [3.8, 4) is 0 Å². The second kappa shape index (κ2) is 5.86. The molecule has 0 spiro atoms. The van der Waals surface area contributed by atoms with Gasteiger partial charge >= 0.3 is 5.97 Å². The number of nitrogens with zero attached hydrogens (tertiary/aromatic N) is 3. The maximum Gasteiger partial charge on any atom is 0.335 e. The summed E-state index contributed by atoms with van der Waals surface area (Å²) in [6.45, 7) is 4.41. The van der Waals surface area contributed by atoms with Gasteiger partial charge in [0.25, 0.3) is 0 Å². The van der Waals surface area contributed by atoms with E-state index in [9.17, 15) is 4.79 Å². The number of halogens is 1. The van der Waals surface area contributed by atoms with Crippen LogP contribution in [-0.4, -0.2) is 27.6 Å². The third kappa shape index (κ3) is 2.62. The van der Waals surface area contributed by atoms with Crippen molar-refractivity contribution in [3.63, 3.8) is 0 Å². The van der Waals surface area contributed by atoms with Gasteiger partial charge in [-0.05, 0) is 41.8 Å². The Morgan fingerprint density at radius 3 is 2.84 bits per heavy atom. The van der Waals surface area contributed by atoms with Crippen molar-refractivity contribution >= 4 is 45.6 Å². The van der Waals surface area contributed by atoms with E-state index in [1.54, 1.807) is 12.1 Å². The van der Waals surface area contributed by atoms with E-state index in [0.717, 1.165) is 29.9 Å². The van der Waals surface area contributed by atoms with Crippen LogP contribution in [0.25, 0.3) is 16.5 Å². The van der Waals surface area contributed by atoms with Crippen LogP contribution in [0.3, 0.4) is 0 Å². The average Bonchev–Trinajstić information content (AvgIpc) is 3.02. The summed E-state index contributed by atoms with van der Waals surface area (Å²) in [5.74, 6) is -0.254. The highest BCUT2D eigenvalue weighted by molar-refractivity contribution is 6.31. The van der Waals surface area contributed by atoms with Crippen LogP contribution < -0.4 is 4.90 Å². The van der Waals surface area contributed by atoms with E-state index >= 15 is 0 Å². The molecule has 1 aliphatic heterocycles. The van der Waals surface area contributed by atoms with Crippen molar-refractivity contribution in [2.75, 3.05) is 11.4 Å². The molecule has 0 amide bonds. The molecule has 3 aromatic rings. The topological polar surface area (TPSA) is 66.3 Å². The number of carboxylic acids is 1. The number of aromatic nitrogens is 2. The fourth-order valence-corrected chi connectivity index (χ4v) is 3.31. The Balaban J connectivity index is 1.84. The van der Waals surface area contributed by atoms with Crippen molar-refractivity contribution < 1.29 is 9.90 Å². The molecule has 0 saturated heterocycles. The molecule has 0 radical (unpaired) electrons. The van der Waals surface area contributed by atoms with Crippen LogP contribution in [0.4, 0.5) is 11.5 Å². The quantitative estimate of drug-likeness (QED) is 0.720. The van der Waals surface area contributed by atoms with Gasteiger partial charge in [-0.1, -0.05) is 30.3 Å². The molecule has 2 aromatic carbocycles. The van der Waals surface area contributed by atoms with Crippen molar-refractivity contribution in [1.82, 2.24) is 9.97 Å². The lowest BCUT2D eigenvalue weighted by Gasteiger charge is -2.20. The van der Waals surface area contributed by atoms with E-state index in [0.29, 0.717) is 16.1 Å². The molecule has 1 N–H and O–H groups in total. The Bertz CT molecular complexity index is 1030. The van der Waals surface area contributed by atoms with Gasteiger partial charge in [-0.2, -0.15) is 0 Å². The highest BCUT2D eigenvalue weighted by atomic mass is 35.5. The Labute approximate surface area is 149 Å². The van der Waals surface area contributed by atoms with Crippen molar-refractivity contribution in [3.05, 3.63) is 65.5 Å². The molecule has 1 aromatic heterocycles. The highest BCUT2D eigenvalue weighted by Gasteiger charge is 2.23. The molecular weight excluding hydrogens is 338 g/mol. The Morgan fingerprint density at radius 2 is 2.04 bits per heavy atom. The standard InChI is InChI=1S/C19H14ClN3O2/c1-11(19(24)25)13-3-5-15-16(8-13)21-10-22-18(15)23-7-6-12-2-4-14(20)9-17(12)23/h2-5,8-10H,1,6-7H2,(H,24,25). The molecule has 1 aliphatic rings. The lowest BCUT2D eigenvalue weighted by atomic mass is 10.1. The summed E-state index contributed by atoms with van der Waals surface area (Å²) in [7, 11) is 0. The molecule has 0 fully saturated rings. The lowest BCUT2D eigenvalue weighted by molar-refractivity contribution is -0.130. The zero-order valence-electron chi connectivity index (χ0n) is 13.2. The van der Waals surface area contributed by atoms with Gasteiger partial charge in [0.15, 0.2) is 0 Å². The van der Waals surface area contributed by atoms with Gasteiger partial charge in [0.1, 0.15) is 12.1 Å². The summed E-state index contributed by atoms with van der Waals surface area (Å²) in [6, 6.07) is 11.2. The molecule has 2 heterocycles. The molecule has 0 aliphatic carbocycles. The van der Waals surface area contributed by atoms with Crippen LogP contribution in [0.15, 0.2) is 49.3 Å². The minimum absolute atomic E-state index is 0.0420. The van der Waals surface area contributed by atoms with Gasteiger partial charge in [-0.3, -0.25) is 0 Å². The second-order valence-electron chi connectivity index (χ2n) is 5.89. The first-order chi connectivity index (χ1) is 12.0. The number of fused-ring (bicyclic) bond motifs is 2. The number of anilines is 2. The van der Waals surface area contributed by atoms with Gasteiger partial charge < -0.3 is 10.0 Å². The number of carboxylic acid groups (broad SMARTS) is 1. The van der Waals surface area contributed by atoms with Crippen LogP contribution in [0.1, 0.15) is 11.1 Å². The first-order valence-corrected chi connectivity index (χ1v) is 8.15. The number of hydrogen-bond donors (Lipinski definition) is 1. The van der Waals surface area contributed by atoms with Crippen molar-refractivity contribution in [2.45, 2.75) is 6.42 Å². The SMILES string of the molecule is C=C(C(=O)O)c1ccc2c(N3CCc4ccc(Cl)cc43)ncnc2c1. The highest BCUT2D eigenvalue weighted by Crippen LogP contribution is 2.38. The zero-order valence-corrected chi connectivity index (χ0v) is 14.0. The molecule has 4 rings (SSSR count). The molecule has 124 valence electrons. The molecule has 25 heavy (non-hydrogen) atoms. The number of aliphatic carboxylic acids is 1. The third-order valence-corrected chi connectivity index (χ3v) is 4.66. The Morgan fingerprint density at radius 1 is 1.20 bits per heavy atom. The predicted octanol–water partition coefficient (Wildman–Crippen LogP) is 4.08. The first kappa shape index (κ1) is 15.6. The molecule has 0 atom stereocenters. The normalized spacial score (nSPS) is 13.1. The molecule has 0 saturated carbocycles. The van der Waals surface area contributed by atoms with Crippen LogP contribution in [0.2, 0.25) is 5.02 Å². The van der Waals surface area contributed by atoms with Crippen LogP contribution in [0.5, 0.6) is 0 Å². The maximum absolute atomic E-state index is 11.1. The summed E-state index contributed by atoms with van der Waals surface area (Å²) < 4.78 is 0. The monoisotopic (exact) mass is 351 g/mol. The number of carbonyl (C=O) groups is 1. The smallest absolute Gasteiger partial charge is 0.335 e. The Kier molecular flexibility index (Phi) is 3.66. The van der Waals surface area contributed by atoms with Gasteiger partial charge in [0.05, 0.1) is 11.1 Å². The van der Waals surface area contributed by atoms with Gasteiger partial charge in [0.2, 0.25) is 0 Å². The summed E-state index contributed by atoms with van der Waals surface area (Å²) in [4.78, 5) is 22.0. The molecule has 5 nitrogen and oxygen atoms in total. The van der Waals surface area contributed by atoms with Crippen LogP contribution >= 0.6 is 11.6 Å². The van der Waals surface area contributed by atoms with Crippen LogP contribution in [-0.2, 0) is 11.2 Å². The van der Waals surface area contributed by atoms with E-state index in [1.807, 2.05) is 24.3 Å². The largest absolute Gasteiger partial charge is 0.478 e. The maximum atomic E-state index is 11.1. The summed E-state index contributed by atoms with van der Waals surface area (Å²) in [6.07, 6.45) is 2.42. The van der Waals surface area contributed by atoms with Gasteiger partial charge in [-0.25, -0.2) is 14.8 Å². The van der Waals surface area contributed by atoms with Crippen LogP contribution in [0, 0.1) is 0 Å². The van der Waals surface area contributed by atoms with E-state index in [1.165, 1.54) is 11.9 Å². The molecule has 0 unspecified atom stereocenters. The minimum Gasteiger partial charge on any atom is -0.478 e. The fourth-order valence-electron chi connectivity index (χ4n) is 3.14. The molecular formula is C19H14ClN3O2. The van der Waals surface area contributed by atoms with E-state index in [4.69, 9.17) is 16.7 Å². The van der Waals surface area contributed by atoms with E-state index in [-0.39, 0.29) is 5.57 Å². The number of rotatable bonds is 3. The minimum atomic E-state index is -1.04. The first-order valence-electron chi connectivity index (χ1n) is 7.78. The zero-order chi connectivity index (χ0) is 17.6. The molecule has 6 heteroatoms. The lowest BCUT2D eigenvalue weighted by Crippen LogP contribution is -2.15. The third-order valence-electron chi connectivity index (χ3n) is 4.42.